The Bertz CT molecular complexity index is 603. The molecule has 0 radical (unpaired) electrons. The van der Waals surface area contributed by atoms with E-state index in [1.807, 2.05) is 13.8 Å². The third kappa shape index (κ3) is 4.61. The Kier molecular flexibility index (Phi) is 6.03. The summed E-state index contributed by atoms with van der Waals surface area (Å²) in [6, 6.07) is 4.42. The predicted octanol–water partition coefficient (Wildman–Crippen LogP) is 2.25. The van der Waals surface area contributed by atoms with Crippen LogP contribution in [0.2, 0.25) is 0 Å². The fraction of sp³-hybridized carbons (Fsp3) is 0.529. The van der Waals surface area contributed by atoms with Crippen molar-refractivity contribution < 1.29 is 24.2 Å². The fourth-order valence-electron chi connectivity index (χ4n) is 2.56. The first kappa shape index (κ1) is 18.1. The number of benzene rings is 1. The number of nitrogens with zero attached hydrogens (tertiary/aromatic N) is 1. The van der Waals surface area contributed by atoms with Gasteiger partial charge < -0.3 is 24.8 Å². The molecule has 7 heteroatoms. The molecule has 1 aromatic carbocycles. The molecule has 24 heavy (non-hydrogen) atoms. The molecule has 1 saturated heterocycles. The number of rotatable bonds is 4. The average Bonchev–Trinajstić information content (AvgIpc) is 2.55. The van der Waals surface area contributed by atoms with Gasteiger partial charge in [-0.05, 0) is 44.9 Å². The minimum Gasteiger partial charge on any atom is -0.489 e. The lowest BCUT2D eigenvalue weighted by Gasteiger charge is -2.30. The number of anilines is 1. The number of methoxy groups -OCH3 is 1. The molecule has 1 fully saturated rings. The Labute approximate surface area is 141 Å². The molecule has 0 spiro atoms. The summed E-state index contributed by atoms with van der Waals surface area (Å²) in [5.74, 6) is -0.0152. The van der Waals surface area contributed by atoms with Gasteiger partial charge in [-0.3, -0.25) is 0 Å². The zero-order valence-electron chi connectivity index (χ0n) is 14.2. The summed E-state index contributed by atoms with van der Waals surface area (Å²) in [6.45, 7) is 4.63. The Balaban J connectivity index is 2.21. The lowest BCUT2D eigenvalue weighted by molar-refractivity contribution is 0.0600. The first-order valence-corrected chi connectivity index (χ1v) is 8.03. The van der Waals surface area contributed by atoms with Gasteiger partial charge in [0.15, 0.2) is 0 Å². The van der Waals surface area contributed by atoms with Crippen LogP contribution in [0, 0.1) is 0 Å². The second-order valence-corrected chi connectivity index (χ2v) is 6.04. The van der Waals surface area contributed by atoms with Crippen LogP contribution in [0.5, 0.6) is 5.75 Å². The molecule has 0 saturated carbocycles. The van der Waals surface area contributed by atoms with E-state index < -0.39 is 12.1 Å². The van der Waals surface area contributed by atoms with Gasteiger partial charge in [-0.1, -0.05) is 0 Å². The molecule has 1 atom stereocenters. The molecule has 0 aliphatic carbocycles. The minimum absolute atomic E-state index is 0.0820. The van der Waals surface area contributed by atoms with Crippen LogP contribution in [0.1, 0.15) is 37.0 Å². The molecule has 2 rings (SSSR count). The van der Waals surface area contributed by atoms with Gasteiger partial charge in [-0.15, -0.1) is 0 Å². The molecular formula is C17H24N2O5. The van der Waals surface area contributed by atoms with Crippen molar-refractivity contribution in [3.8, 4) is 5.75 Å². The Morgan fingerprint density at radius 2 is 2.12 bits per heavy atom. The third-order valence-corrected chi connectivity index (χ3v) is 3.69. The van der Waals surface area contributed by atoms with Crippen LogP contribution in [0.15, 0.2) is 18.2 Å². The van der Waals surface area contributed by atoms with Crippen molar-refractivity contribution in [2.75, 3.05) is 25.5 Å². The maximum absolute atomic E-state index is 12.4. The number of aliphatic hydroxyl groups is 1. The van der Waals surface area contributed by atoms with E-state index in [-0.39, 0.29) is 12.1 Å². The lowest BCUT2D eigenvalue weighted by Crippen LogP contribution is -2.44. The predicted molar refractivity (Wildman–Crippen MR) is 89.4 cm³/mol. The highest BCUT2D eigenvalue weighted by Crippen LogP contribution is 2.28. The van der Waals surface area contributed by atoms with Crippen molar-refractivity contribution in [3.05, 3.63) is 23.8 Å². The van der Waals surface area contributed by atoms with E-state index in [2.05, 4.69) is 5.32 Å². The van der Waals surface area contributed by atoms with Crippen molar-refractivity contribution in [3.63, 3.8) is 0 Å². The van der Waals surface area contributed by atoms with Crippen LogP contribution >= 0.6 is 0 Å². The number of likely N-dealkylation sites (tertiary alicyclic amines) is 1. The highest BCUT2D eigenvalue weighted by Gasteiger charge is 2.23. The maximum atomic E-state index is 12.4. The summed E-state index contributed by atoms with van der Waals surface area (Å²) < 4.78 is 10.4. The highest BCUT2D eigenvalue weighted by atomic mass is 16.5. The van der Waals surface area contributed by atoms with Gasteiger partial charge in [0.2, 0.25) is 0 Å². The van der Waals surface area contributed by atoms with Crippen LogP contribution < -0.4 is 10.1 Å². The van der Waals surface area contributed by atoms with Gasteiger partial charge in [-0.25, -0.2) is 9.59 Å². The second kappa shape index (κ2) is 8.01. The number of esters is 1. The fourth-order valence-corrected chi connectivity index (χ4v) is 2.56. The van der Waals surface area contributed by atoms with Crippen molar-refractivity contribution in [1.29, 1.82) is 0 Å². The molecule has 0 aromatic heterocycles. The van der Waals surface area contributed by atoms with Crippen molar-refractivity contribution in [1.82, 2.24) is 4.90 Å². The molecule has 1 aliphatic heterocycles. The van der Waals surface area contributed by atoms with Gasteiger partial charge in [0.25, 0.3) is 0 Å². The monoisotopic (exact) mass is 336 g/mol. The number of urea groups is 1. The zero-order valence-corrected chi connectivity index (χ0v) is 14.2. The van der Waals surface area contributed by atoms with Crippen LogP contribution in [-0.4, -0.2) is 54.4 Å². The SMILES string of the molecule is COC(=O)c1ccc(OC(C)C)c(NC(=O)N2CCCC(O)C2)c1. The van der Waals surface area contributed by atoms with E-state index in [0.717, 1.165) is 6.42 Å². The smallest absolute Gasteiger partial charge is 0.337 e. The second-order valence-electron chi connectivity index (χ2n) is 6.04. The van der Waals surface area contributed by atoms with E-state index in [1.54, 1.807) is 17.0 Å². The van der Waals surface area contributed by atoms with E-state index in [1.165, 1.54) is 13.2 Å². The average molecular weight is 336 g/mol. The Morgan fingerprint density at radius 3 is 2.75 bits per heavy atom. The van der Waals surface area contributed by atoms with Crippen molar-refractivity contribution >= 4 is 17.7 Å². The summed E-state index contributed by atoms with van der Waals surface area (Å²) >= 11 is 0. The Hall–Kier alpha value is -2.28. The summed E-state index contributed by atoms with van der Waals surface area (Å²) in [7, 11) is 1.30. The zero-order chi connectivity index (χ0) is 17.7. The molecule has 2 N–H and O–H groups in total. The summed E-state index contributed by atoms with van der Waals surface area (Å²) in [6.07, 6.45) is 0.869. The standard InChI is InChI=1S/C17H24N2O5/c1-11(2)24-15-7-6-12(16(21)23-3)9-14(15)18-17(22)19-8-4-5-13(20)10-19/h6-7,9,11,13,20H,4-5,8,10H2,1-3H3,(H,18,22). The first-order chi connectivity index (χ1) is 11.4. The number of nitrogens with one attached hydrogen (secondary N) is 1. The summed E-state index contributed by atoms with van der Waals surface area (Å²) in [5.41, 5.74) is 0.722. The van der Waals surface area contributed by atoms with Gasteiger partial charge in [-0.2, -0.15) is 0 Å². The molecular weight excluding hydrogens is 312 g/mol. The Morgan fingerprint density at radius 1 is 1.38 bits per heavy atom. The third-order valence-electron chi connectivity index (χ3n) is 3.69. The number of carbonyl (C=O) groups is 2. The minimum atomic E-state index is -0.503. The lowest BCUT2D eigenvalue weighted by atomic mass is 10.1. The molecule has 0 bridgehead atoms. The van der Waals surface area contributed by atoms with Gasteiger partial charge in [0.1, 0.15) is 5.75 Å². The first-order valence-electron chi connectivity index (χ1n) is 8.03. The van der Waals surface area contributed by atoms with Crippen LogP contribution in [0.4, 0.5) is 10.5 Å². The largest absolute Gasteiger partial charge is 0.489 e. The number of carbonyl (C=O) groups excluding carboxylic acids is 2. The number of amides is 2. The van der Waals surface area contributed by atoms with E-state index >= 15 is 0 Å². The number of piperidine rings is 1. The number of aliphatic hydroxyl groups excluding tert-OH is 1. The van der Waals surface area contributed by atoms with Crippen LogP contribution in [-0.2, 0) is 4.74 Å². The normalized spacial score (nSPS) is 17.5. The molecule has 1 aromatic rings. The van der Waals surface area contributed by atoms with Gasteiger partial charge in [0.05, 0.1) is 30.6 Å². The molecule has 1 unspecified atom stereocenters. The number of hydrogen-bond donors (Lipinski definition) is 2. The summed E-state index contributed by atoms with van der Waals surface area (Å²) in [5, 5.41) is 12.5. The van der Waals surface area contributed by atoms with Crippen molar-refractivity contribution in [2.24, 2.45) is 0 Å². The molecule has 1 aliphatic rings. The number of β-amino-alcohol motifs (C(OH)–C–C–N with tert-alkyl or cyclic N) is 1. The van der Waals surface area contributed by atoms with E-state index in [9.17, 15) is 14.7 Å². The van der Waals surface area contributed by atoms with Gasteiger partial charge >= 0.3 is 12.0 Å². The van der Waals surface area contributed by atoms with Crippen LogP contribution in [0.3, 0.4) is 0 Å². The summed E-state index contributed by atoms with van der Waals surface area (Å²) in [4.78, 5) is 25.7. The van der Waals surface area contributed by atoms with Crippen molar-refractivity contribution in [2.45, 2.75) is 38.9 Å². The molecule has 1 heterocycles. The maximum Gasteiger partial charge on any atom is 0.337 e. The molecule has 7 nitrogen and oxygen atoms in total. The van der Waals surface area contributed by atoms with E-state index in [0.29, 0.717) is 36.5 Å². The number of ether oxygens (including phenoxy) is 2. The highest BCUT2D eigenvalue weighted by molar-refractivity contribution is 5.95. The number of hydrogen-bond acceptors (Lipinski definition) is 5. The molecule has 2 amide bonds. The topological polar surface area (TPSA) is 88.1 Å². The quantitative estimate of drug-likeness (QED) is 0.823. The van der Waals surface area contributed by atoms with Crippen LogP contribution in [0.25, 0.3) is 0 Å². The van der Waals surface area contributed by atoms with E-state index in [4.69, 9.17) is 9.47 Å². The molecule has 132 valence electrons. The van der Waals surface area contributed by atoms with Gasteiger partial charge in [0, 0.05) is 13.1 Å².